The highest BCUT2D eigenvalue weighted by Crippen LogP contribution is 2.26. The van der Waals surface area contributed by atoms with Crippen LogP contribution in [0.3, 0.4) is 0 Å². The standard InChI is InChI=1S/C30H36FN3O5S/c1-4-6-20-32-30(36)28(5-2)33(21-23-12-14-24(31)15-13-23)29(35)22-34(25-16-18-26(39-3)19-17-25)40(37,38)27-10-8-7-9-11-27/h7-19,28H,4-6,20-22H2,1-3H3,(H,32,36). The van der Waals surface area contributed by atoms with Crippen LogP contribution in [0.5, 0.6) is 5.75 Å². The largest absolute Gasteiger partial charge is 0.497 e. The topological polar surface area (TPSA) is 96.0 Å². The zero-order valence-electron chi connectivity index (χ0n) is 23.0. The molecule has 0 aliphatic heterocycles. The highest BCUT2D eigenvalue weighted by atomic mass is 32.2. The van der Waals surface area contributed by atoms with Crippen molar-refractivity contribution in [2.24, 2.45) is 0 Å². The van der Waals surface area contributed by atoms with Crippen molar-refractivity contribution in [3.63, 3.8) is 0 Å². The number of nitrogens with one attached hydrogen (secondary N) is 1. The van der Waals surface area contributed by atoms with Crippen LogP contribution in [0.2, 0.25) is 0 Å². The van der Waals surface area contributed by atoms with Crippen LogP contribution in [0, 0.1) is 5.82 Å². The van der Waals surface area contributed by atoms with E-state index < -0.39 is 34.3 Å². The summed E-state index contributed by atoms with van der Waals surface area (Å²) in [4.78, 5) is 28.5. The Hall–Kier alpha value is -3.92. The van der Waals surface area contributed by atoms with Crippen molar-refractivity contribution in [2.75, 3.05) is 24.5 Å². The lowest BCUT2D eigenvalue weighted by Gasteiger charge is -2.33. The van der Waals surface area contributed by atoms with E-state index in [4.69, 9.17) is 4.74 Å². The number of carbonyl (C=O) groups excluding carboxylic acids is 2. The number of ether oxygens (including phenoxy) is 1. The van der Waals surface area contributed by atoms with Crippen LogP contribution in [-0.2, 0) is 26.2 Å². The van der Waals surface area contributed by atoms with E-state index in [1.165, 1.54) is 36.3 Å². The van der Waals surface area contributed by atoms with E-state index in [0.717, 1.165) is 17.1 Å². The molecule has 0 radical (unpaired) electrons. The smallest absolute Gasteiger partial charge is 0.264 e. The Labute approximate surface area is 235 Å². The number of benzene rings is 3. The molecule has 0 bridgehead atoms. The first-order valence-corrected chi connectivity index (χ1v) is 14.7. The number of hydrogen-bond donors (Lipinski definition) is 1. The lowest BCUT2D eigenvalue weighted by molar-refractivity contribution is -0.140. The zero-order valence-corrected chi connectivity index (χ0v) is 23.9. The zero-order chi connectivity index (χ0) is 29.1. The summed E-state index contributed by atoms with van der Waals surface area (Å²) in [7, 11) is -2.66. The maximum Gasteiger partial charge on any atom is 0.264 e. The van der Waals surface area contributed by atoms with Gasteiger partial charge in [-0.1, -0.05) is 50.6 Å². The molecular weight excluding hydrogens is 533 g/mol. The average molecular weight is 570 g/mol. The first kappa shape index (κ1) is 30.6. The molecule has 0 heterocycles. The minimum absolute atomic E-state index is 0.000650. The summed E-state index contributed by atoms with van der Waals surface area (Å²) in [5, 5.41) is 2.88. The highest BCUT2D eigenvalue weighted by Gasteiger charge is 2.33. The summed E-state index contributed by atoms with van der Waals surface area (Å²) in [5.41, 5.74) is 0.872. The number of methoxy groups -OCH3 is 1. The van der Waals surface area contributed by atoms with Gasteiger partial charge in [0.15, 0.2) is 0 Å². The predicted molar refractivity (Wildman–Crippen MR) is 153 cm³/mol. The van der Waals surface area contributed by atoms with E-state index in [2.05, 4.69) is 5.32 Å². The summed E-state index contributed by atoms with van der Waals surface area (Å²) in [6.45, 7) is 3.71. The molecule has 0 aliphatic carbocycles. The van der Waals surface area contributed by atoms with Crippen LogP contribution in [0.4, 0.5) is 10.1 Å². The average Bonchev–Trinajstić information content (AvgIpc) is 2.97. The minimum Gasteiger partial charge on any atom is -0.497 e. The van der Waals surface area contributed by atoms with E-state index in [1.54, 1.807) is 61.5 Å². The Morgan fingerprint density at radius 3 is 2.17 bits per heavy atom. The number of anilines is 1. The van der Waals surface area contributed by atoms with Crippen molar-refractivity contribution < 1.29 is 27.1 Å². The van der Waals surface area contributed by atoms with E-state index in [1.807, 2.05) is 6.92 Å². The third-order valence-corrected chi connectivity index (χ3v) is 8.24. The first-order valence-electron chi connectivity index (χ1n) is 13.2. The van der Waals surface area contributed by atoms with E-state index in [9.17, 15) is 22.4 Å². The van der Waals surface area contributed by atoms with Gasteiger partial charge < -0.3 is 15.0 Å². The Balaban J connectivity index is 2.02. The van der Waals surface area contributed by atoms with Gasteiger partial charge in [0, 0.05) is 13.1 Å². The fourth-order valence-electron chi connectivity index (χ4n) is 4.21. The molecule has 0 saturated carbocycles. The molecule has 0 fully saturated rings. The normalized spacial score (nSPS) is 11.9. The van der Waals surface area contributed by atoms with Crippen molar-refractivity contribution in [1.29, 1.82) is 0 Å². The molecule has 0 aliphatic rings. The van der Waals surface area contributed by atoms with Gasteiger partial charge >= 0.3 is 0 Å². The number of carbonyl (C=O) groups is 2. The second-order valence-electron chi connectivity index (χ2n) is 9.24. The molecule has 3 aromatic carbocycles. The molecule has 1 N–H and O–H groups in total. The van der Waals surface area contributed by atoms with Crippen molar-refractivity contribution in [1.82, 2.24) is 10.2 Å². The van der Waals surface area contributed by atoms with Gasteiger partial charge in [0.2, 0.25) is 11.8 Å². The molecule has 3 aromatic rings. The quantitative estimate of drug-likeness (QED) is 0.283. The highest BCUT2D eigenvalue weighted by molar-refractivity contribution is 7.92. The van der Waals surface area contributed by atoms with E-state index >= 15 is 0 Å². The van der Waals surface area contributed by atoms with Crippen LogP contribution in [-0.4, -0.2) is 51.4 Å². The predicted octanol–water partition coefficient (Wildman–Crippen LogP) is 4.75. The van der Waals surface area contributed by atoms with Gasteiger partial charge in [0.05, 0.1) is 17.7 Å². The van der Waals surface area contributed by atoms with Gasteiger partial charge in [-0.2, -0.15) is 0 Å². The van der Waals surface area contributed by atoms with Gasteiger partial charge in [0.1, 0.15) is 24.2 Å². The van der Waals surface area contributed by atoms with Gasteiger partial charge in [0.25, 0.3) is 10.0 Å². The van der Waals surface area contributed by atoms with Gasteiger partial charge in [-0.05, 0) is 66.9 Å². The van der Waals surface area contributed by atoms with Crippen LogP contribution >= 0.6 is 0 Å². The summed E-state index contributed by atoms with van der Waals surface area (Å²) >= 11 is 0. The van der Waals surface area contributed by atoms with Crippen molar-refractivity contribution >= 4 is 27.5 Å². The monoisotopic (exact) mass is 569 g/mol. The van der Waals surface area contributed by atoms with Gasteiger partial charge in [-0.15, -0.1) is 0 Å². The molecule has 0 aromatic heterocycles. The van der Waals surface area contributed by atoms with Gasteiger partial charge in [-0.25, -0.2) is 12.8 Å². The molecule has 1 atom stereocenters. The maximum absolute atomic E-state index is 14.0. The second kappa shape index (κ2) is 14.5. The van der Waals surface area contributed by atoms with Crippen LogP contribution in [0.1, 0.15) is 38.7 Å². The molecule has 214 valence electrons. The van der Waals surface area contributed by atoms with E-state index in [-0.39, 0.29) is 23.0 Å². The minimum atomic E-state index is -4.16. The maximum atomic E-state index is 14.0. The molecule has 3 rings (SSSR count). The summed E-state index contributed by atoms with van der Waals surface area (Å²) < 4.78 is 47.4. The number of amides is 2. The number of rotatable bonds is 14. The Kier molecular flexibility index (Phi) is 11.1. The number of unbranched alkanes of at least 4 members (excludes halogenated alkanes) is 1. The summed E-state index contributed by atoms with van der Waals surface area (Å²) in [6.07, 6.45) is 1.98. The molecule has 40 heavy (non-hydrogen) atoms. The number of sulfonamides is 1. The molecule has 0 spiro atoms. The van der Waals surface area contributed by atoms with Crippen LogP contribution in [0.15, 0.2) is 83.8 Å². The molecular formula is C30H36FN3O5S. The molecule has 1 unspecified atom stereocenters. The van der Waals surface area contributed by atoms with Crippen LogP contribution in [0.25, 0.3) is 0 Å². The Morgan fingerprint density at radius 2 is 1.60 bits per heavy atom. The third-order valence-electron chi connectivity index (χ3n) is 6.45. The molecule has 2 amide bonds. The van der Waals surface area contributed by atoms with E-state index in [0.29, 0.717) is 24.3 Å². The molecule has 8 nitrogen and oxygen atoms in total. The first-order chi connectivity index (χ1) is 19.2. The Morgan fingerprint density at radius 1 is 0.950 bits per heavy atom. The fraction of sp³-hybridized carbons (Fsp3) is 0.333. The Bertz CT molecular complexity index is 1350. The molecule has 10 heteroatoms. The number of hydrogen-bond acceptors (Lipinski definition) is 5. The third kappa shape index (κ3) is 7.81. The lowest BCUT2D eigenvalue weighted by atomic mass is 10.1. The SMILES string of the molecule is CCCCNC(=O)C(CC)N(Cc1ccc(F)cc1)C(=O)CN(c1ccc(OC)cc1)S(=O)(=O)c1ccccc1. The molecule has 0 saturated heterocycles. The summed E-state index contributed by atoms with van der Waals surface area (Å²) in [5.74, 6) is -0.795. The van der Waals surface area contributed by atoms with Crippen LogP contribution < -0.4 is 14.4 Å². The number of nitrogens with zero attached hydrogens (tertiary/aromatic N) is 2. The summed E-state index contributed by atoms with van der Waals surface area (Å²) in [6, 6.07) is 19.0. The van der Waals surface area contributed by atoms with Crippen molar-refractivity contribution in [3.8, 4) is 5.75 Å². The van der Waals surface area contributed by atoms with Crippen molar-refractivity contribution in [2.45, 2.75) is 50.6 Å². The second-order valence-corrected chi connectivity index (χ2v) is 11.1. The number of halogens is 1. The van der Waals surface area contributed by atoms with Crippen molar-refractivity contribution in [3.05, 3.63) is 90.2 Å². The fourth-order valence-corrected chi connectivity index (χ4v) is 5.64. The lowest BCUT2D eigenvalue weighted by Crippen LogP contribution is -2.52. The van der Waals surface area contributed by atoms with Gasteiger partial charge in [-0.3, -0.25) is 13.9 Å².